The molecule has 6 heteroatoms. The van der Waals surface area contributed by atoms with Crippen molar-refractivity contribution in [2.75, 3.05) is 46.4 Å². The van der Waals surface area contributed by atoms with Gasteiger partial charge >= 0.3 is 0 Å². The van der Waals surface area contributed by atoms with Crippen LogP contribution in [0.4, 0.5) is 0 Å². The molecule has 1 saturated heterocycles. The molecule has 2 rings (SSSR count). The molecule has 0 aromatic heterocycles. The first-order chi connectivity index (χ1) is 10.8. The number of amides is 1. The van der Waals surface area contributed by atoms with Gasteiger partial charge in [0.25, 0.3) is 0 Å². The van der Waals surface area contributed by atoms with E-state index in [1.165, 1.54) is 50.5 Å². The number of aldehydes is 1. The summed E-state index contributed by atoms with van der Waals surface area (Å²) in [5.74, 6) is 0. The molecular weight excluding hydrogens is 282 g/mol. The van der Waals surface area contributed by atoms with Crippen molar-refractivity contribution in [1.29, 1.82) is 0 Å². The molecule has 1 aliphatic heterocycles. The molecule has 0 radical (unpaired) electrons. The lowest BCUT2D eigenvalue weighted by Gasteiger charge is -2.28. The molecule has 22 heavy (non-hydrogen) atoms. The van der Waals surface area contributed by atoms with Gasteiger partial charge in [-0.2, -0.15) is 0 Å². The van der Waals surface area contributed by atoms with Gasteiger partial charge in [-0.3, -0.25) is 14.7 Å². The van der Waals surface area contributed by atoms with Gasteiger partial charge in [-0.05, 0) is 6.92 Å². The molecule has 0 spiro atoms. The van der Waals surface area contributed by atoms with E-state index in [2.05, 4.69) is 10.3 Å². The van der Waals surface area contributed by atoms with Crippen LogP contribution in [-0.4, -0.2) is 69.0 Å². The number of carbonyl (C=O) groups is 2. The van der Waals surface area contributed by atoms with Crippen LogP contribution in [0.15, 0.2) is 0 Å². The quantitative estimate of drug-likeness (QED) is 0.615. The SMILES string of the molecule is C1CCCCC1.CC=O.CNN(C=O)CCN1CCOCC1. The van der Waals surface area contributed by atoms with Gasteiger partial charge in [0, 0.05) is 33.2 Å². The lowest BCUT2D eigenvalue weighted by Crippen LogP contribution is -2.44. The van der Waals surface area contributed by atoms with Crippen LogP contribution >= 0.6 is 0 Å². The Labute approximate surface area is 135 Å². The Morgan fingerprint density at radius 3 is 1.86 bits per heavy atom. The highest BCUT2D eigenvalue weighted by molar-refractivity contribution is 5.45. The minimum absolute atomic E-state index is 0.722. The Hall–Kier alpha value is -0.980. The Morgan fingerprint density at radius 2 is 1.50 bits per heavy atom. The van der Waals surface area contributed by atoms with E-state index in [1.807, 2.05) is 0 Å². The smallest absolute Gasteiger partial charge is 0.223 e. The molecule has 0 aromatic carbocycles. The summed E-state index contributed by atoms with van der Waals surface area (Å²) in [5, 5.41) is 1.54. The minimum atomic E-state index is 0.722. The monoisotopic (exact) mass is 315 g/mol. The van der Waals surface area contributed by atoms with Crippen molar-refractivity contribution >= 4 is 12.7 Å². The second-order valence-electron chi connectivity index (χ2n) is 5.33. The van der Waals surface area contributed by atoms with Crippen LogP contribution in [0.1, 0.15) is 45.4 Å². The number of carbonyl (C=O) groups excluding carboxylic acids is 2. The van der Waals surface area contributed by atoms with Crippen LogP contribution in [0.5, 0.6) is 0 Å². The molecule has 1 aliphatic carbocycles. The van der Waals surface area contributed by atoms with Crippen LogP contribution < -0.4 is 5.43 Å². The lowest BCUT2D eigenvalue weighted by molar-refractivity contribution is -0.120. The van der Waals surface area contributed by atoms with Crippen LogP contribution in [0.3, 0.4) is 0 Å². The number of hydrogen-bond acceptors (Lipinski definition) is 5. The molecule has 0 bridgehead atoms. The molecule has 0 atom stereocenters. The summed E-state index contributed by atoms with van der Waals surface area (Å²) >= 11 is 0. The summed E-state index contributed by atoms with van der Waals surface area (Å²) in [5.41, 5.74) is 2.80. The zero-order valence-corrected chi connectivity index (χ0v) is 14.3. The second kappa shape index (κ2) is 16.4. The van der Waals surface area contributed by atoms with Crippen LogP contribution in [0.25, 0.3) is 0 Å². The van der Waals surface area contributed by atoms with Gasteiger partial charge in [0.1, 0.15) is 6.29 Å². The molecule has 1 amide bonds. The molecule has 0 aromatic rings. The van der Waals surface area contributed by atoms with E-state index in [-0.39, 0.29) is 0 Å². The lowest BCUT2D eigenvalue weighted by atomic mass is 10.0. The van der Waals surface area contributed by atoms with Gasteiger partial charge in [0.2, 0.25) is 6.41 Å². The van der Waals surface area contributed by atoms with E-state index in [0.29, 0.717) is 0 Å². The van der Waals surface area contributed by atoms with E-state index in [4.69, 9.17) is 9.53 Å². The Bertz CT molecular complexity index is 244. The maximum atomic E-state index is 10.4. The first-order valence-electron chi connectivity index (χ1n) is 8.37. The van der Waals surface area contributed by atoms with Crippen molar-refractivity contribution in [2.45, 2.75) is 45.4 Å². The van der Waals surface area contributed by atoms with Crippen molar-refractivity contribution in [3.63, 3.8) is 0 Å². The van der Waals surface area contributed by atoms with Crippen LogP contribution in [0.2, 0.25) is 0 Å². The third-order valence-electron chi connectivity index (χ3n) is 3.68. The predicted molar refractivity (Wildman–Crippen MR) is 88.5 cm³/mol. The standard InChI is InChI=1S/C8H17N3O2.C6H12.C2H4O/c1-9-11(8-12)3-2-10-4-6-13-7-5-10;1-2-4-6-5-3-1;1-2-3/h8-9H,2-7H2,1H3;1-6H2;2H,1H3. The van der Waals surface area contributed by atoms with Gasteiger partial charge in [0.15, 0.2) is 0 Å². The maximum Gasteiger partial charge on any atom is 0.223 e. The largest absolute Gasteiger partial charge is 0.379 e. The molecular formula is C16H33N3O3. The average molecular weight is 315 g/mol. The van der Waals surface area contributed by atoms with Crippen molar-refractivity contribution in [1.82, 2.24) is 15.3 Å². The van der Waals surface area contributed by atoms with Crippen molar-refractivity contribution in [3.05, 3.63) is 0 Å². The highest BCUT2D eigenvalue weighted by atomic mass is 16.5. The number of nitrogens with one attached hydrogen (secondary N) is 1. The molecule has 6 nitrogen and oxygen atoms in total. The molecule has 130 valence electrons. The highest BCUT2D eigenvalue weighted by Crippen LogP contribution is 2.15. The highest BCUT2D eigenvalue weighted by Gasteiger charge is 2.10. The van der Waals surface area contributed by atoms with Gasteiger partial charge < -0.3 is 9.53 Å². The summed E-state index contributed by atoms with van der Waals surface area (Å²) in [6.07, 6.45) is 10.6. The number of hydrazine groups is 1. The molecule has 1 heterocycles. The minimum Gasteiger partial charge on any atom is -0.379 e. The summed E-state index contributed by atoms with van der Waals surface area (Å²) in [6, 6.07) is 0. The predicted octanol–water partition coefficient (Wildman–Crippen LogP) is 1.46. The van der Waals surface area contributed by atoms with E-state index >= 15 is 0 Å². The van der Waals surface area contributed by atoms with E-state index in [0.717, 1.165) is 52.1 Å². The molecule has 1 N–H and O–H groups in total. The third-order valence-corrected chi connectivity index (χ3v) is 3.68. The van der Waals surface area contributed by atoms with Crippen molar-refractivity contribution in [3.8, 4) is 0 Å². The normalized spacial score (nSPS) is 18.1. The molecule has 2 fully saturated rings. The van der Waals surface area contributed by atoms with Crippen molar-refractivity contribution < 1.29 is 14.3 Å². The summed E-state index contributed by atoms with van der Waals surface area (Å²) in [6.45, 7) is 6.62. The fraction of sp³-hybridized carbons (Fsp3) is 0.875. The maximum absolute atomic E-state index is 10.4. The van der Waals surface area contributed by atoms with Crippen LogP contribution in [0, 0.1) is 0 Å². The number of morpholine rings is 1. The summed E-state index contributed by atoms with van der Waals surface area (Å²) in [4.78, 5) is 21.5. The van der Waals surface area contributed by atoms with Gasteiger partial charge in [-0.25, -0.2) is 5.43 Å². The van der Waals surface area contributed by atoms with Gasteiger partial charge in [0.05, 0.1) is 13.2 Å². The first kappa shape index (κ1) is 21.0. The van der Waals surface area contributed by atoms with E-state index < -0.39 is 0 Å². The number of hydrogen-bond donors (Lipinski definition) is 1. The van der Waals surface area contributed by atoms with Gasteiger partial charge in [-0.15, -0.1) is 0 Å². The number of ether oxygens (including phenoxy) is 1. The number of rotatable bonds is 5. The molecule has 1 saturated carbocycles. The topological polar surface area (TPSA) is 61.9 Å². The van der Waals surface area contributed by atoms with Crippen LogP contribution in [-0.2, 0) is 14.3 Å². The van der Waals surface area contributed by atoms with E-state index in [1.54, 1.807) is 7.05 Å². The van der Waals surface area contributed by atoms with Crippen molar-refractivity contribution in [2.24, 2.45) is 0 Å². The Morgan fingerprint density at radius 1 is 1.05 bits per heavy atom. The molecule has 0 unspecified atom stereocenters. The summed E-state index contributed by atoms with van der Waals surface area (Å²) in [7, 11) is 1.74. The third kappa shape index (κ3) is 12.7. The average Bonchev–Trinajstić information content (AvgIpc) is 2.60. The molecule has 2 aliphatic rings. The zero-order chi connectivity index (χ0) is 16.5. The second-order valence-corrected chi connectivity index (χ2v) is 5.33. The van der Waals surface area contributed by atoms with E-state index in [9.17, 15) is 4.79 Å². The summed E-state index contributed by atoms with van der Waals surface area (Å²) < 4.78 is 5.22. The number of nitrogens with zero attached hydrogens (tertiary/aromatic N) is 2. The zero-order valence-electron chi connectivity index (χ0n) is 14.3. The first-order valence-corrected chi connectivity index (χ1v) is 8.37. The fourth-order valence-electron chi connectivity index (χ4n) is 2.35. The Kier molecular flexibility index (Phi) is 15.7. The fourth-order valence-corrected chi connectivity index (χ4v) is 2.35. The Balaban J connectivity index is 0.000000404. The van der Waals surface area contributed by atoms with Gasteiger partial charge in [-0.1, -0.05) is 38.5 Å².